The highest BCUT2D eigenvalue weighted by atomic mass is 16.6. The van der Waals surface area contributed by atoms with E-state index in [4.69, 9.17) is 10.7 Å². The third-order valence-corrected chi connectivity index (χ3v) is 3.04. The standard InChI is InChI=1S/C10H22N2O/c1-3-8-12(2)9-4-6-10(13-11)7-5-9/h9-10H,3-8,11H2,1-2H3. The van der Waals surface area contributed by atoms with Crippen molar-refractivity contribution in [3.63, 3.8) is 0 Å². The first-order chi connectivity index (χ1) is 6.27. The van der Waals surface area contributed by atoms with Gasteiger partial charge >= 0.3 is 0 Å². The monoisotopic (exact) mass is 186 g/mol. The van der Waals surface area contributed by atoms with Gasteiger partial charge in [-0.2, -0.15) is 0 Å². The van der Waals surface area contributed by atoms with Crippen LogP contribution in [0, 0.1) is 0 Å². The van der Waals surface area contributed by atoms with E-state index in [1.165, 1.54) is 25.8 Å². The molecule has 1 aliphatic rings. The summed E-state index contributed by atoms with van der Waals surface area (Å²) in [5.41, 5.74) is 0. The Bertz CT molecular complexity index is 133. The van der Waals surface area contributed by atoms with Crippen molar-refractivity contribution in [1.82, 2.24) is 4.90 Å². The SMILES string of the molecule is CCCN(C)C1CCC(ON)CC1. The molecule has 0 heterocycles. The molecule has 1 aliphatic carbocycles. The molecule has 0 aromatic carbocycles. The number of hydrogen-bond donors (Lipinski definition) is 1. The van der Waals surface area contributed by atoms with Crippen LogP contribution in [-0.4, -0.2) is 30.6 Å². The molecule has 0 atom stereocenters. The number of nitrogens with two attached hydrogens (primary N) is 1. The maximum absolute atomic E-state index is 5.17. The summed E-state index contributed by atoms with van der Waals surface area (Å²) in [5.74, 6) is 5.17. The molecule has 2 N–H and O–H groups in total. The minimum absolute atomic E-state index is 0.311. The van der Waals surface area contributed by atoms with Crippen LogP contribution in [0.25, 0.3) is 0 Å². The minimum Gasteiger partial charge on any atom is -0.303 e. The Morgan fingerprint density at radius 3 is 2.38 bits per heavy atom. The molecule has 0 saturated heterocycles. The molecule has 0 aromatic rings. The molecule has 1 saturated carbocycles. The largest absolute Gasteiger partial charge is 0.303 e. The molecular formula is C10H22N2O. The summed E-state index contributed by atoms with van der Waals surface area (Å²) in [6.07, 6.45) is 6.26. The van der Waals surface area contributed by atoms with Crippen molar-refractivity contribution in [3.05, 3.63) is 0 Å². The van der Waals surface area contributed by atoms with Crippen molar-refractivity contribution in [2.24, 2.45) is 5.90 Å². The Hall–Kier alpha value is -0.120. The average Bonchev–Trinajstić information content (AvgIpc) is 2.18. The molecule has 78 valence electrons. The van der Waals surface area contributed by atoms with Gasteiger partial charge in [-0.15, -0.1) is 0 Å². The molecule has 1 fully saturated rings. The lowest BCUT2D eigenvalue weighted by atomic mass is 9.92. The Kier molecular flexibility index (Phi) is 4.70. The van der Waals surface area contributed by atoms with E-state index < -0.39 is 0 Å². The van der Waals surface area contributed by atoms with Gasteiger partial charge in [-0.1, -0.05) is 6.92 Å². The third-order valence-electron chi connectivity index (χ3n) is 3.04. The van der Waals surface area contributed by atoms with E-state index in [1.807, 2.05) is 0 Å². The Morgan fingerprint density at radius 1 is 1.31 bits per heavy atom. The molecule has 0 radical (unpaired) electrons. The summed E-state index contributed by atoms with van der Waals surface area (Å²) in [5, 5.41) is 0. The van der Waals surface area contributed by atoms with Crippen LogP contribution in [0.2, 0.25) is 0 Å². The molecule has 0 spiro atoms. The Balaban J connectivity index is 2.23. The van der Waals surface area contributed by atoms with E-state index in [9.17, 15) is 0 Å². The van der Waals surface area contributed by atoms with Gasteiger partial charge in [0, 0.05) is 6.04 Å². The van der Waals surface area contributed by atoms with Crippen LogP contribution in [-0.2, 0) is 4.84 Å². The van der Waals surface area contributed by atoms with E-state index in [0.717, 1.165) is 18.9 Å². The summed E-state index contributed by atoms with van der Waals surface area (Å²) in [7, 11) is 2.22. The summed E-state index contributed by atoms with van der Waals surface area (Å²) >= 11 is 0. The van der Waals surface area contributed by atoms with Gasteiger partial charge in [-0.25, -0.2) is 5.90 Å². The van der Waals surface area contributed by atoms with Crippen molar-refractivity contribution in [2.45, 2.75) is 51.2 Å². The van der Waals surface area contributed by atoms with E-state index >= 15 is 0 Å². The molecule has 0 bridgehead atoms. The number of rotatable bonds is 4. The molecule has 0 unspecified atom stereocenters. The Labute approximate surface area is 81.2 Å². The summed E-state index contributed by atoms with van der Waals surface area (Å²) < 4.78 is 0. The zero-order valence-electron chi connectivity index (χ0n) is 8.83. The van der Waals surface area contributed by atoms with Crippen LogP contribution in [0.15, 0.2) is 0 Å². The van der Waals surface area contributed by atoms with Crippen molar-refractivity contribution in [2.75, 3.05) is 13.6 Å². The fourth-order valence-corrected chi connectivity index (χ4v) is 2.16. The quantitative estimate of drug-likeness (QED) is 0.677. The molecule has 0 aromatic heterocycles. The highest BCUT2D eigenvalue weighted by Gasteiger charge is 2.23. The van der Waals surface area contributed by atoms with Crippen LogP contribution < -0.4 is 5.90 Å². The molecule has 1 rings (SSSR count). The number of hydrogen-bond acceptors (Lipinski definition) is 3. The van der Waals surface area contributed by atoms with E-state index in [0.29, 0.717) is 6.10 Å². The van der Waals surface area contributed by atoms with Gasteiger partial charge in [-0.05, 0) is 45.7 Å². The van der Waals surface area contributed by atoms with Crippen LogP contribution in [0.5, 0.6) is 0 Å². The minimum atomic E-state index is 0.311. The molecule has 3 nitrogen and oxygen atoms in total. The fourth-order valence-electron chi connectivity index (χ4n) is 2.16. The van der Waals surface area contributed by atoms with Crippen molar-refractivity contribution in [3.8, 4) is 0 Å². The second-order valence-electron chi connectivity index (χ2n) is 4.05. The van der Waals surface area contributed by atoms with Gasteiger partial charge in [0.25, 0.3) is 0 Å². The predicted octanol–water partition coefficient (Wildman–Crippen LogP) is 1.53. The number of nitrogens with zero attached hydrogens (tertiary/aromatic N) is 1. The highest BCUT2D eigenvalue weighted by Crippen LogP contribution is 2.23. The zero-order valence-corrected chi connectivity index (χ0v) is 8.83. The lowest BCUT2D eigenvalue weighted by Gasteiger charge is -2.33. The van der Waals surface area contributed by atoms with Gasteiger partial charge < -0.3 is 9.74 Å². The van der Waals surface area contributed by atoms with Gasteiger partial charge in [0.15, 0.2) is 0 Å². The van der Waals surface area contributed by atoms with Crippen molar-refractivity contribution in [1.29, 1.82) is 0 Å². The summed E-state index contributed by atoms with van der Waals surface area (Å²) in [6.45, 7) is 3.43. The van der Waals surface area contributed by atoms with E-state index in [1.54, 1.807) is 0 Å². The lowest BCUT2D eigenvalue weighted by molar-refractivity contribution is 0.00968. The van der Waals surface area contributed by atoms with Gasteiger partial charge in [0.1, 0.15) is 0 Å². The summed E-state index contributed by atoms with van der Waals surface area (Å²) in [4.78, 5) is 7.33. The van der Waals surface area contributed by atoms with Crippen LogP contribution in [0.4, 0.5) is 0 Å². The third kappa shape index (κ3) is 3.25. The fraction of sp³-hybridized carbons (Fsp3) is 1.00. The first-order valence-electron chi connectivity index (χ1n) is 5.33. The molecule has 3 heteroatoms. The zero-order chi connectivity index (χ0) is 9.68. The highest BCUT2D eigenvalue weighted by molar-refractivity contribution is 4.77. The second-order valence-corrected chi connectivity index (χ2v) is 4.05. The maximum atomic E-state index is 5.17. The maximum Gasteiger partial charge on any atom is 0.0788 e. The van der Waals surface area contributed by atoms with E-state index in [2.05, 4.69) is 18.9 Å². The molecule has 0 aliphatic heterocycles. The smallest absolute Gasteiger partial charge is 0.0788 e. The molecule has 0 amide bonds. The lowest BCUT2D eigenvalue weighted by Crippen LogP contribution is -2.37. The van der Waals surface area contributed by atoms with E-state index in [-0.39, 0.29) is 0 Å². The normalized spacial score (nSPS) is 29.5. The predicted molar refractivity (Wildman–Crippen MR) is 54.2 cm³/mol. The van der Waals surface area contributed by atoms with Crippen molar-refractivity contribution < 1.29 is 4.84 Å². The molecular weight excluding hydrogens is 164 g/mol. The summed E-state index contributed by atoms with van der Waals surface area (Å²) in [6, 6.07) is 0.756. The van der Waals surface area contributed by atoms with Crippen LogP contribution in [0.1, 0.15) is 39.0 Å². The van der Waals surface area contributed by atoms with Crippen LogP contribution in [0.3, 0.4) is 0 Å². The first-order valence-corrected chi connectivity index (χ1v) is 5.33. The Morgan fingerprint density at radius 2 is 1.92 bits per heavy atom. The molecule has 13 heavy (non-hydrogen) atoms. The van der Waals surface area contributed by atoms with Gasteiger partial charge in [0.05, 0.1) is 6.10 Å². The van der Waals surface area contributed by atoms with Crippen LogP contribution >= 0.6 is 0 Å². The second kappa shape index (κ2) is 5.58. The average molecular weight is 186 g/mol. The topological polar surface area (TPSA) is 38.5 Å². The van der Waals surface area contributed by atoms with Crippen molar-refractivity contribution >= 4 is 0 Å². The first kappa shape index (κ1) is 11.0. The van der Waals surface area contributed by atoms with Gasteiger partial charge in [0.2, 0.25) is 0 Å². The van der Waals surface area contributed by atoms with Gasteiger partial charge in [-0.3, -0.25) is 0 Å².